The molecule has 416 valence electrons. The first-order chi connectivity index (χ1) is 36.7. The lowest BCUT2D eigenvalue weighted by molar-refractivity contribution is -0.152. The second-order valence-corrected chi connectivity index (χ2v) is 24.9. The van der Waals surface area contributed by atoms with Gasteiger partial charge in [0.05, 0.1) is 24.4 Å². The molecule has 0 aromatic heterocycles. The number of alkyl carbamates (subject to hydrolysis) is 1. The molecule has 15 heteroatoms. The molecule has 0 aliphatic rings. The Labute approximate surface area is 462 Å². The average Bonchev–Trinajstić information content (AvgIpc) is 3.37. The van der Waals surface area contributed by atoms with Gasteiger partial charge in [-0.1, -0.05) is 125 Å². The van der Waals surface area contributed by atoms with Crippen LogP contribution in [0, 0.1) is 23.7 Å². The summed E-state index contributed by atoms with van der Waals surface area (Å²) in [5, 5.41) is 10.2. The molecular formula is C62H82ClN4O9P. The lowest BCUT2D eigenvalue weighted by Gasteiger charge is -2.24. The number of amidine groups is 1. The van der Waals surface area contributed by atoms with Crippen LogP contribution < -0.4 is 25.8 Å². The molecule has 0 saturated heterocycles. The highest BCUT2D eigenvalue weighted by atomic mass is 35.5. The topological polar surface area (TPSA) is 185 Å². The van der Waals surface area contributed by atoms with Crippen molar-refractivity contribution in [2.45, 2.75) is 125 Å². The average molecular weight is 1090 g/mol. The van der Waals surface area contributed by atoms with Crippen molar-refractivity contribution in [3.8, 4) is 22.6 Å². The Morgan fingerprint density at radius 3 is 1.95 bits per heavy atom. The number of fused-ring (bicyclic) bond motifs is 2. The van der Waals surface area contributed by atoms with Crippen molar-refractivity contribution in [1.82, 2.24) is 10.6 Å². The molecule has 77 heavy (non-hydrogen) atoms. The largest absolute Gasteiger partial charge is 0.493 e. The van der Waals surface area contributed by atoms with Gasteiger partial charge in [0, 0.05) is 59.7 Å². The van der Waals surface area contributed by atoms with Gasteiger partial charge in [-0.05, 0) is 124 Å². The van der Waals surface area contributed by atoms with Crippen LogP contribution >= 0.6 is 19.5 Å². The highest BCUT2D eigenvalue weighted by molar-refractivity contribution is 7.57. The second kappa shape index (κ2) is 30.8. The van der Waals surface area contributed by atoms with E-state index in [1.165, 1.54) is 0 Å². The van der Waals surface area contributed by atoms with Gasteiger partial charge in [0.25, 0.3) is 0 Å². The molecule has 5 aromatic carbocycles. The molecule has 0 aliphatic carbocycles. The monoisotopic (exact) mass is 1090 g/mol. The van der Waals surface area contributed by atoms with Gasteiger partial charge in [-0.15, -0.1) is 7.92 Å². The van der Waals surface area contributed by atoms with Crippen LogP contribution in [0.5, 0.6) is 11.5 Å². The van der Waals surface area contributed by atoms with Crippen molar-refractivity contribution < 1.29 is 42.9 Å². The first-order valence-electron chi connectivity index (χ1n) is 27.1. The Morgan fingerprint density at radius 1 is 0.714 bits per heavy atom. The van der Waals surface area contributed by atoms with Crippen LogP contribution in [-0.2, 0) is 35.3 Å². The van der Waals surface area contributed by atoms with Crippen LogP contribution in [0.15, 0.2) is 102 Å². The highest BCUT2D eigenvalue weighted by Crippen LogP contribution is 2.45. The van der Waals surface area contributed by atoms with E-state index in [9.17, 15) is 24.0 Å². The summed E-state index contributed by atoms with van der Waals surface area (Å²) in [4.78, 5) is 74.3. The van der Waals surface area contributed by atoms with Gasteiger partial charge >= 0.3 is 12.1 Å². The molecule has 2 amide bonds. The van der Waals surface area contributed by atoms with Gasteiger partial charge in [0.2, 0.25) is 5.91 Å². The Morgan fingerprint density at radius 2 is 1.34 bits per heavy atom. The highest BCUT2D eigenvalue weighted by Gasteiger charge is 2.32. The number of unbranched alkanes of at least 4 members (excludes halogenated alkanes) is 1. The number of rotatable bonds is 31. The van der Waals surface area contributed by atoms with Crippen LogP contribution in [0.2, 0.25) is 5.02 Å². The number of carbonyl (C=O) groups is 5. The van der Waals surface area contributed by atoms with E-state index in [-0.39, 0.29) is 70.8 Å². The van der Waals surface area contributed by atoms with Crippen LogP contribution in [0.4, 0.5) is 4.79 Å². The number of ketones is 2. The molecule has 5 rings (SSSR count). The lowest BCUT2D eigenvalue weighted by atomic mass is 9.89. The summed E-state index contributed by atoms with van der Waals surface area (Å²) in [6.45, 7) is 18.6. The lowest BCUT2D eigenvalue weighted by Crippen LogP contribution is -2.45. The van der Waals surface area contributed by atoms with Crippen molar-refractivity contribution in [3.63, 3.8) is 0 Å². The summed E-state index contributed by atoms with van der Waals surface area (Å²) in [7, 11) is -0.306. The predicted octanol–water partition coefficient (Wildman–Crippen LogP) is 13.1. The Balaban J connectivity index is 1.42. The molecule has 0 saturated carbocycles. The van der Waals surface area contributed by atoms with Gasteiger partial charge in [-0.25, -0.2) is 4.79 Å². The molecule has 3 atom stereocenters. The van der Waals surface area contributed by atoms with Gasteiger partial charge < -0.3 is 35.3 Å². The number of amides is 2. The molecule has 0 bridgehead atoms. The van der Waals surface area contributed by atoms with Crippen molar-refractivity contribution in [2.75, 3.05) is 45.8 Å². The number of benzene rings is 5. The first kappa shape index (κ1) is 61.8. The zero-order valence-electron chi connectivity index (χ0n) is 46.8. The quantitative estimate of drug-likeness (QED) is 0.0127. The van der Waals surface area contributed by atoms with Crippen molar-refractivity contribution in [1.29, 1.82) is 0 Å². The van der Waals surface area contributed by atoms with Crippen LogP contribution in [0.3, 0.4) is 0 Å². The van der Waals surface area contributed by atoms with Crippen LogP contribution in [-0.4, -0.2) is 92.8 Å². The number of hydrogen-bond acceptors (Lipinski definition) is 10. The normalized spacial score (nSPS) is 13.1. The van der Waals surface area contributed by atoms with Gasteiger partial charge in [-0.2, -0.15) is 0 Å². The molecule has 0 fully saturated rings. The number of esters is 1. The summed E-state index contributed by atoms with van der Waals surface area (Å²) in [5.41, 5.74) is 7.85. The van der Waals surface area contributed by atoms with E-state index in [1.807, 2.05) is 74.5 Å². The number of nitrogens with one attached hydrogen (secondary N) is 2. The SMILES string of the molecule is CC(C)CCOc1ccc2ccccc2c1-c1c(OCC(=O)C[C@H](CCCCNC(=O)OC(C)(C)C)C(=O)N[C@H](CCCN=C(N)CP(C)C)C(=O)C[C@@H](CC(C)C)C(=O)OCc2ccccc2Cl)ccc2ccccc12. The minimum atomic E-state index is -1.00. The standard InChI is InChI=1S/C62H82ClN4O9P/c1-41(2)31-34-73-54-29-27-43-19-10-13-23-49(43)57(54)58-50-24-14-11-20-44(50)28-30-55(58)74-39-48(68)36-45(21-16-17-32-66-61(72)76-62(5,6)7)59(70)67-52(26-18-33-65-56(64)40-77(8)9)53(69)37-47(35-42(3)4)60(71)75-38-46-22-12-15-25-51(46)63/h10-15,19-20,22-25,27-30,41-42,45,47,52H,16-18,21,26,31-40H2,1-9H3,(H2,64,65)(H,66,72)(H,67,70)/t45-,47+,52+/m0/s1. The van der Waals surface area contributed by atoms with E-state index in [1.54, 1.807) is 39.0 Å². The fourth-order valence-corrected chi connectivity index (χ4v) is 10.0. The maximum absolute atomic E-state index is 14.7. The van der Waals surface area contributed by atoms with Crippen LogP contribution in [0.25, 0.3) is 32.7 Å². The number of carbonyl (C=O) groups excluding carboxylic acids is 5. The van der Waals surface area contributed by atoms with E-state index < -0.39 is 41.4 Å². The fourth-order valence-electron chi connectivity index (χ4n) is 9.10. The number of halogens is 1. The predicted molar refractivity (Wildman–Crippen MR) is 314 cm³/mol. The maximum atomic E-state index is 14.7. The molecule has 0 aliphatic heterocycles. The fraction of sp³-hybridized carbons (Fsp3) is 0.484. The number of aliphatic imine (C=N–C) groups is 1. The number of nitrogens with two attached hydrogens (primary N) is 1. The molecule has 13 nitrogen and oxygen atoms in total. The zero-order valence-corrected chi connectivity index (χ0v) is 48.4. The van der Waals surface area contributed by atoms with Gasteiger partial charge in [-0.3, -0.25) is 24.2 Å². The number of nitrogens with zero attached hydrogens (tertiary/aromatic N) is 1. The third kappa shape index (κ3) is 20.7. The summed E-state index contributed by atoms with van der Waals surface area (Å²) >= 11 is 6.37. The third-order valence-electron chi connectivity index (χ3n) is 12.9. The van der Waals surface area contributed by atoms with E-state index in [2.05, 4.69) is 61.0 Å². The molecule has 0 unspecified atom stereocenters. The van der Waals surface area contributed by atoms with Crippen molar-refractivity contribution in [3.05, 3.63) is 108 Å². The minimum absolute atomic E-state index is 0.0510. The molecule has 4 N–H and O–H groups in total. The van der Waals surface area contributed by atoms with E-state index in [0.29, 0.717) is 78.8 Å². The number of Topliss-reactive ketones (excluding diaryl/α,β-unsaturated/α-hetero) is 2. The Hall–Kier alpha value is -6.04. The maximum Gasteiger partial charge on any atom is 0.407 e. The van der Waals surface area contributed by atoms with Crippen LogP contribution in [0.1, 0.15) is 112 Å². The minimum Gasteiger partial charge on any atom is -0.493 e. The second-order valence-electron chi connectivity index (χ2n) is 22.0. The molecule has 0 heterocycles. The van der Waals surface area contributed by atoms with Crippen molar-refractivity contribution in [2.24, 2.45) is 34.4 Å². The van der Waals surface area contributed by atoms with E-state index >= 15 is 0 Å². The molecular weight excluding hydrogens is 1010 g/mol. The number of ether oxygens (including phenoxy) is 4. The summed E-state index contributed by atoms with van der Waals surface area (Å²) in [6, 6.07) is 30.1. The first-order valence-corrected chi connectivity index (χ1v) is 29.9. The summed E-state index contributed by atoms with van der Waals surface area (Å²) in [6.07, 6.45) is 2.91. The molecule has 5 aromatic rings. The van der Waals surface area contributed by atoms with Gasteiger partial charge in [0.1, 0.15) is 30.3 Å². The third-order valence-corrected chi connectivity index (χ3v) is 14.2. The summed E-state index contributed by atoms with van der Waals surface area (Å²) < 4.78 is 24.2. The molecule has 0 spiro atoms. The number of hydrogen-bond donors (Lipinski definition) is 3. The zero-order chi connectivity index (χ0) is 56.1. The van der Waals surface area contributed by atoms with E-state index in [0.717, 1.165) is 39.1 Å². The van der Waals surface area contributed by atoms with E-state index in [4.69, 9.17) is 36.3 Å². The smallest absolute Gasteiger partial charge is 0.407 e. The van der Waals surface area contributed by atoms with Gasteiger partial charge in [0.15, 0.2) is 11.6 Å². The Kier molecular flexibility index (Phi) is 24.7. The molecule has 0 radical (unpaired) electrons. The summed E-state index contributed by atoms with van der Waals surface area (Å²) in [5.74, 6) is -1.08. The Bertz CT molecular complexity index is 2790. The van der Waals surface area contributed by atoms with Crippen molar-refractivity contribution >= 4 is 76.4 Å².